The maximum absolute atomic E-state index is 12.9. The Morgan fingerprint density at radius 1 is 1.04 bits per heavy atom. The molecular weight excluding hydrogens is 350 g/mol. The van der Waals surface area contributed by atoms with Crippen LogP contribution in [-0.2, 0) is 10.0 Å². The lowest BCUT2D eigenvalue weighted by atomic mass is 10.0. The normalized spacial score (nSPS) is 25.2. The second-order valence-corrected chi connectivity index (χ2v) is 10.3. The van der Waals surface area contributed by atoms with Crippen LogP contribution in [0.3, 0.4) is 0 Å². The van der Waals surface area contributed by atoms with Crippen molar-refractivity contribution in [3.05, 3.63) is 34.9 Å². The molecule has 1 heterocycles. The summed E-state index contributed by atoms with van der Waals surface area (Å²) in [5.41, 5.74) is 1.14. The van der Waals surface area contributed by atoms with Gasteiger partial charge < -0.3 is 0 Å². The maximum Gasteiger partial charge on any atom is 0.217 e. The Hall–Kier alpha value is -0.230. The van der Waals surface area contributed by atoms with Crippen molar-refractivity contribution in [2.75, 3.05) is 18.8 Å². The van der Waals surface area contributed by atoms with Crippen LogP contribution in [-0.4, -0.2) is 36.8 Å². The molecule has 6 heteroatoms. The second kappa shape index (κ2) is 7.77. The molecule has 0 amide bonds. The van der Waals surface area contributed by atoms with Crippen molar-refractivity contribution in [3.8, 4) is 0 Å². The molecule has 1 atom stereocenters. The molecule has 1 unspecified atom stereocenters. The van der Waals surface area contributed by atoms with Gasteiger partial charge in [0.05, 0.1) is 5.25 Å². The smallest absolute Gasteiger partial charge is 0.212 e. The van der Waals surface area contributed by atoms with Gasteiger partial charge in [-0.1, -0.05) is 49.1 Å². The summed E-state index contributed by atoms with van der Waals surface area (Å²) in [5, 5.41) is 0.918. The second-order valence-electron chi connectivity index (χ2n) is 6.37. The van der Waals surface area contributed by atoms with Crippen LogP contribution in [0.15, 0.2) is 24.3 Å². The van der Waals surface area contributed by atoms with E-state index in [1.807, 2.05) is 30.0 Å². The summed E-state index contributed by atoms with van der Waals surface area (Å²) in [4.78, 5) is 0. The highest BCUT2D eigenvalue weighted by molar-refractivity contribution is 7.99. The highest BCUT2D eigenvalue weighted by Gasteiger charge is 2.34. The van der Waals surface area contributed by atoms with Crippen LogP contribution < -0.4 is 0 Å². The molecule has 1 saturated heterocycles. The van der Waals surface area contributed by atoms with E-state index in [2.05, 4.69) is 6.07 Å². The molecular formula is C17H24ClNO2S2. The number of thioether (sulfide) groups is 1. The fourth-order valence-corrected chi connectivity index (χ4v) is 7.33. The van der Waals surface area contributed by atoms with Gasteiger partial charge in [-0.3, -0.25) is 0 Å². The number of hydrogen-bond donors (Lipinski definition) is 0. The zero-order chi connectivity index (χ0) is 16.3. The quantitative estimate of drug-likeness (QED) is 0.783. The lowest BCUT2D eigenvalue weighted by Crippen LogP contribution is -2.40. The van der Waals surface area contributed by atoms with Crippen LogP contribution in [0.5, 0.6) is 0 Å². The Morgan fingerprint density at radius 3 is 2.52 bits per heavy atom. The van der Waals surface area contributed by atoms with E-state index in [1.54, 1.807) is 4.31 Å². The third-order valence-electron chi connectivity index (χ3n) is 4.89. The van der Waals surface area contributed by atoms with Crippen molar-refractivity contribution in [2.45, 2.75) is 49.0 Å². The minimum atomic E-state index is -3.14. The van der Waals surface area contributed by atoms with Crippen LogP contribution in [0, 0.1) is 0 Å². The van der Waals surface area contributed by atoms with Gasteiger partial charge in [0.25, 0.3) is 0 Å². The average Bonchev–Trinajstić information content (AvgIpc) is 2.83. The van der Waals surface area contributed by atoms with Gasteiger partial charge in [0.1, 0.15) is 0 Å². The number of benzene rings is 1. The molecule has 0 N–H and O–H groups in total. The lowest BCUT2D eigenvalue weighted by Gasteiger charge is -2.28. The van der Waals surface area contributed by atoms with Crippen LogP contribution >= 0.6 is 23.4 Å². The van der Waals surface area contributed by atoms with Gasteiger partial charge in [-0.2, -0.15) is 11.8 Å². The molecule has 1 aliphatic heterocycles. The molecule has 1 aromatic rings. The van der Waals surface area contributed by atoms with Crippen LogP contribution in [0.4, 0.5) is 0 Å². The molecule has 1 saturated carbocycles. The van der Waals surface area contributed by atoms with Crippen molar-refractivity contribution >= 4 is 33.4 Å². The van der Waals surface area contributed by atoms with E-state index in [0.717, 1.165) is 48.4 Å². The Kier molecular flexibility index (Phi) is 5.94. The van der Waals surface area contributed by atoms with E-state index in [9.17, 15) is 8.42 Å². The first-order chi connectivity index (χ1) is 11.1. The van der Waals surface area contributed by atoms with E-state index in [-0.39, 0.29) is 10.5 Å². The van der Waals surface area contributed by atoms with Crippen LogP contribution in [0.1, 0.15) is 49.3 Å². The Bertz CT molecular complexity index is 629. The average molecular weight is 374 g/mol. The minimum absolute atomic E-state index is 0.155. The number of nitrogens with zero attached hydrogens (tertiary/aromatic N) is 1. The minimum Gasteiger partial charge on any atom is -0.212 e. The molecule has 0 aromatic heterocycles. The van der Waals surface area contributed by atoms with Gasteiger partial charge in [0.2, 0.25) is 10.0 Å². The molecule has 3 nitrogen and oxygen atoms in total. The fraction of sp³-hybridized carbons (Fsp3) is 0.647. The first kappa shape index (κ1) is 17.6. The molecule has 0 spiro atoms. The van der Waals surface area contributed by atoms with E-state index in [4.69, 9.17) is 11.6 Å². The topological polar surface area (TPSA) is 37.4 Å². The first-order valence-electron chi connectivity index (χ1n) is 8.44. The zero-order valence-electron chi connectivity index (χ0n) is 13.3. The Labute approximate surface area is 148 Å². The lowest BCUT2D eigenvalue weighted by molar-refractivity contribution is 0.399. The molecule has 3 rings (SSSR count). The third-order valence-corrected chi connectivity index (χ3v) is 8.94. The van der Waals surface area contributed by atoms with Crippen molar-refractivity contribution in [3.63, 3.8) is 0 Å². The van der Waals surface area contributed by atoms with Gasteiger partial charge in [-0.15, -0.1) is 0 Å². The number of sulfonamides is 1. The predicted molar refractivity (Wildman–Crippen MR) is 98.6 cm³/mol. The predicted octanol–water partition coefficient (Wildman–Crippen LogP) is 4.48. The largest absolute Gasteiger partial charge is 0.217 e. The summed E-state index contributed by atoms with van der Waals surface area (Å²) < 4.78 is 27.5. The van der Waals surface area contributed by atoms with E-state index in [1.165, 1.54) is 6.42 Å². The van der Waals surface area contributed by atoms with Crippen molar-refractivity contribution < 1.29 is 8.42 Å². The Balaban J connectivity index is 1.70. The monoisotopic (exact) mass is 373 g/mol. The van der Waals surface area contributed by atoms with E-state index in [0.29, 0.717) is 13.1 Å². The summed E-state index contributed by atoms with van der Waals surface area (Å²) in [7, 11) is -3.14. The summed E-state index contributed by atoms with van der Waals surface area (Å²) in [6, 6.07) is 7.92. The van der Waals surface area contributed by atoms with Crippen LogP contribution in [0.2, 0.25) is 5.02 Å². The Morgan fingerprint density at radius 2 is 1.78 bits per heavy atom. The summed E-state index contributed by atoms with van der Waals surface area (Å²) >= 11 is 8.14. The van der Waals surface area contributed by atoms with Crippen molar-refractivity contribution in [2.24, 2.45) is 0 Å². The van der Waals surface area contributed by atoms with E-state index < -0.39 is 10.0 Å². The van der Waals surface area contributed by atoms with Gasteiger partial charge in [0.15, 0.2) is 0 Å². The van der Waals surface area contributed by atoms with Crippen molar-refractivity contribution in [1.82, 2.24) is 4.31 Å². The highest BCUT2D eigenvalue weighted by atomic mass is 35.5. The molecule has 0 radical (unpaired) electrons. The van der Waals surface area contributed by atoms with E-state index >= 15 is 0 Å². The van der Waals surface area contributed by atoms with Gasteiger partial charge in [-0.05, 0) is 30.9 Å². The van der Waals surface area contributed by atoms with Crippen molar-refractivity contribution in [1.29, 1.82) is 0 Å². The zero-order valence-corrected chi connectivity index (χ0v) is 15.7. The summed E-state index contributed by atoms with van der Waals surface area (Å²) in [5.74, 6) is 0.835. The molecule has 2 aliphatic rings. The molecule has 1 aliphatic carbocycles. The van der Waals surface area contributed by atoms with Gasteiger partial charge >= 0.3 is 0 Å². The molecule has 0 bridgehead atoms. The summed E-state index contributed by atoms with van der Waals surface area (Å²) in [6.07, 6.45) is 5.78. The first-order valence-corrected chi connectivity index (χ1v) is 11.4. The fourth-order valence-electron chi connectivity index (χ4n) is 3.56. The summed E-state index contributed by atoms with van der Waals surface area (Å²) in [6.45, 7) is 1.24. The molecule has 23 heavy (non-hydrogen) atoms. The standard InChI is InChI=1S/C17H24ClNO2S2/c18-16-9-5-4-8-15(16)17-10-11-19(12-13-22-17)23(20,21)14-6-2-1-3-7-14/h4-5,8-9,14,17H,1-3,6-7,10-13H2. The number of hydrogen-bond acceptors (Lipinski definition) is 3. The highest BCUT2D eigenvalue weighted by Crippen LogP contribution is 2.39. The van der Waals surface area contributed by atoms with Crippen LogP contribution in [0.25, 0.3) is 0 Å². The number of halogens is 1. The SMILES string of the molecule is O=S(=O)(C1CCCCC1)N1CCSC(c2ccccc2Cl)CC1. The molecule has 2 fully saturated rings. The molecule has 1 aromatic carbocycles. The van der Waals surface area contributed by atoms with Gasteiger partial charge in [-0.25, -0.2) is 12.7 Å². The number of rotatable bonds is 3. The molecule has 128 valence electrons. The maximum atomic E-state index is 12.9. The van der Waals surface area contributed by atoms with Gasteiger partial charge in [0, 0.05) is 29.1 Å². The third kappa shape index (κ3) is 4.06.